The van der Waals surface area contributed by atoms with Crippen LogP contribution in [0, 0.1) is 0 Å². The van der Waals surface area contributed by atoms with Gasteiger partial charge >= 0.3 is 6.09 Å². The van der Waals surface area contributed by atoms with Crippen LogP contribution < -0.4 is 4.74 Å². The van der Waals surface area contributed by atoms with Crippen LogP contribution in [0.5, 0.6) is 5.75 Å². The van der Waals surface area contributed by atoms with Crippen molar-refractivity contribution in [2.24, 2.45) is 7.05 Å². The SMILES string of the molecule is CN(C)C(=O)Oc1ccc2c(ccn2C)c1. The van der Waals surface area contributed by atoms with Crippen LogP contribution in [0.2, 0.25) is 0 Å². The van der Waals surface area contributed by atoms with Crippen LogP contribution >= 0.6 is 0 Å². The lowest BCUT2D eigenvalue weighted by Gasteiger charge is -2.10. The first kappa shape index (κ1) is 10.5. The molecule has 0 aliphatic carbocycles. The van der Waals surface area contributed by atoms with Crippen molar-refractivity contribution in [1.29, 1.82) is 0 Å². The van der Waals surface area contributed by atoms with Crippen molar-refractivity contribution in [3.63, 3.8) is 0 Å². The minimum absolute atomic E-state index is 0.365. The van der Waals surface area contributed by atoms with Crippen LogP contribution in [0.25, 0.3) is 10.9 Å². The summed E-state index contributed by atoms with van der Waals surface area (Å²) in [5, 5.41) is 1.06. The maximum Gasteiger partial charge on any atom is 0.414 e. The summed E-state index contributed by atoms with van der Waals surface area (Å²) in [4.78, 5) is 12.8. The van der Waals surface area contributed by atoms with Gasteiger partial charge in [0.25, 0.3) is 0 Å². The van der Waals surface area contributed by atoms with Crippen LogP contribution in [0.15, 0.2) is 30.5 Å². The topological polar surface area (TPSA) is 34.5 Å². The minimum Gasteiger partial charge on any atom is -0.410 e. The molecule has 0 aliphatic rings. The number of aromatic nitrogens is 1. The molecule has 1 amide bonds. The molecule has 1 aromatic heterocycles. The highest BCUT2D eigenvalue weighted by Crippen LogP contribution is 2.21. The van der Waals surface area contributed by atoms with Gasteiger partial charge in [-0.25, -0.2) is 4.79 Å². The Hall–Kier alpha value is -1.97. The Kier molecular flexibility index (Phi) is 2.56. The van der Waals surface area contributed by atoms with E-state index in [1.807, 2.05) is 36.0 Å². The smallest absolute Gasteiger partial charge is 0.410 e. The van der Waals surface area contributed by atoms with E-state index in [0.29, 0.717) is 5.75 Å². The van der Waals surface area contributed by atoms with E-state index in [0.717, 1.165) is 10.9 Å². The Balaban J connectivity index is 2.30. The highest BCUT2D eigenvalue weighted by Gasteiger charge is 2.07. The predicted molar refractivity (Wildman–Crippen MR) is 62.6 cm³/mol. The molecule has 4 nitrogen and oxygen atoms in total. The summed E-state index contributed by atoms with van der Waals surface area (Å²) in [5.74, 6) is 0.567. The fourth-order valence-corrected chi connectivity index (χ4v) is 1.52. The van der Waals surface area contributed by atoms with Crippen LogP contribution in [0.1, 0.15) is 0 Å². The van der Waals surface area contributed by atoms with E-state index in [2.05, 4.69) is 0 Å². The molecule has 2 rings (SSSR count). The second kappa shape index (κ2) is 3.89. The average Bonchev–Trinajstić information content (AvgIpc) is 2.60. The van der Waals surface area contributed by atoms with E-state index in [4.69, 9.17) is 4.74 Å². The highest BCUT2D eigenvalue weighted by molar-refractivity contribution is 5.82. The third-order valence-corrected chi connectivity index (χ3v) is 2.43. The summed E-state index contributed by atoms with van der Waals surface area (Å²) in [5.41, 5.74) is 1.12. The normalized spacial score (nSPS) is 10.4. The zero-order chi connectivity index (χ0) is 11.7. The van der Waals surface area contributed by atoms with Gasteiger partial charge in [0.1, 0.15) is 5.75 Å². The van der Waals surface area contributed by atoms with Crippen molar-refractivity contribution < 1.29 is 9.53 Å². The van der Waals surface area contributed by atoms with E-state index in [1.54, 1.807) is 20.2 Å². The lowest BCUT2D eigenvalue weighted by molar-refractivity contribution is 0.172. The largest absolute Gasteiger partial charge is 0.414 e. The zero-order valence-corrected chi connectivity index (χ0v) is 9.60. The maximum absolute atomic E-state index is 11.4. The van der Waals surface area contributed by atoms with Gasteiger partial charge in [-0.3, -0.25) is 0 Å². The first-order valence-corrected chi connectivity index (χ1v) is 5.02. The Morgan fingerprint density at radius 2 is 2.06 bits per heavy atom. The van der Waals surface area contributed by atoms with E-state index in [1.165, 1.54) is 4.90 Å². The van der Waals surface area contributed by atoms with Crippen LogP contribution in [-0.4, -0.2) is 29.7 Å². The Morgan fingerprint density at radius 1 is 1.31 bits per heavy atom. The number of rotatable bonds is 1. The summed E-state index contributed by atoms with van der Waals surface area (Å²) in [6.45, 7) is 0. The number of carbonyl (C=O) groups is 1. The minimum atomic E-state index is -0.365. The number of aryl methyl sites for hydroxylation is 1. The van der Waals surface area contributed by atoms with Gasteiger partial charge in [-0.05, 0) is 24.3 Å². The van der Waals surface area contributed by atoms with E-state index in [9.17, 15) is 4.79 Å². The molecule has 0 atom stereocenters. The lowest BCUT2D eigenvalue weighted by atomic mass is 10.2. The number of nitrogens with zero attached hydrogens (tertiary/aromatic N) is 2. The van der Waals surface area contributed by atoms with Crippen molar-refractivity contribution in [3.05, 3.63) is 30.5 Å². The molecule has 0 unspecified atom stereocenters. The molecule has 0 fully saturated rings. The molecule has 1 heterocycles. The van der Waals surface area contributed by atoms with Gasteiger partial charge in [-0.15, -0.1) is 0 Å². The summed E-state index contributed by atoms with van der Waals surface area (Å²) < 4.78 is 7.19. The molecule has 0 saturated heterocycles. The van der Waals surface area contributed by atoms with Gasteiger partial charge in [-0.2, -0.15) is 0 Å². The molecule has 0 aliphatic heterocycles. The van der Waals surface area contributed by atoms with E-state index in [-0.39, 0.29) is 6.09 Å². The molecule has 2 aromatic rings. The number of hydrogen-bond donors (Lipinski definition) is 0. The van der Waals surface area contributed by atoms with Gasteiger partial charge in [0.2, 0.25) is 0 Å². The number of benzene rings is 1. The van der Waals surface area contributed by atoms with Crippen molar-refractivity contribution >= 4 is 17.0 Å². The Morgan fingerprint density at radius 3 is 2.75 bits per heavy atom. The summed E-state index contributed by atoms with van der Waals surface area (Å²) >= 11 is 0. The molecule has 0 N–H and O–H groups in total. The molecular formula is C12H14N2O2. The van der Waals surface area contributed by atoms with Crippen LogP contribution in [-0.2, 0) is 7.05 Å². The summed E-state index contributed by atoms with van der Waals surface area (Å²) in [6.07, 6.45) is 1.61. The molecular weight excluding hydrogens is 204 g/mol. The highest BCUT2D eigenvalue weighted by atomic mass is 16.6. The summed E-state index contributed by atoms with van der Waals surface area (Å²) in [6, 6.07) is 7.58. The number of ether oxygens (including phenoxy) is 1. The van der Waals surface area contributed by atoms with E-state index >= 15 is 0 Å². The van der Waals surface area contributed by atoms with Crippen LogP contribution in [0.4, 0.5) is 4.79 Å². The molecule has 4 heteroatoms. The Bertz CT molecular complexity index is 529. The Labute approximate surface area is 94.0 Å². The van der Waals surface area contributed by atoms with E-state index < -0.39 is 0 Å². The van der Waals surface area contributed by atoms with Gasteiger partial charge in [0.15, 0.2) is 0 Å². The van der Waals surface area contributed by atoms with Crippen molar-refractivity contribution in [2.45, 2.75) is 0 Å². The fourth-order valence-electron chi connectivity index (χ4n) is 1.52. The van der Waals surface area contributed by atoms with Gasteiger partial charge < -0.3 is 14.2 Å². The molecule has 0 radical (unpaired) electrons. The van der Waals surface area contributed by atoms with Crippen molar-refractivity contribution in [2.75, 3.05) is 14.1 Å². The van der Waals surface area contributed by atoms with Gasteiger partial charge in [0.05, 0.1) is 0 Å². The van der Waals surface area contributed by atoms with Crippen molar-refractivity contribution in [1.82, 2.24) is 9.47 Å². The number of fused-ring (bicyclic) bond motifs is 1. The average molecular weight is 218 g/mol. The molecule has 1 aromatic carbocycles. The second-order valence-electron chi connectivity index (χ2n) is 3.91. The lowest BCUT2D eigenvalue weighted by Crippen LogP contribution is -2.25. The number of amides is 1. The molecule has 0 bridgehead atoms. The fraction of sp³-hybridized carbons (Fsp3) is 0.250. The van der Waals surface area contributed by atoms with Gasteiger partial charge in [0, 0.05) is 38.2 Å². The first-order chi connectivity index (χ1) is 7.58. The summed E-state index contributed by atoms with van der Waals surface area (Å²) in [7, 11) is 5.29. The first-order valence-electron chi connectivity index (χ1n) is 5.02. The maximum atomic E-state index is 11.4. The third-order valence-electron chi connectivity index (χ3n) is 2.43. The van der Waals surface area contributed by atoms with Gasteiger partial charge in [-0.1, -0.05) is 0 Å². The third kappa shape index (κ3) is 1.86. The number of carbonyl (C=O) groups excluding carboxylic acids is 1. The molecule has 0 saturated carbocycles. The number of hydrogen-bond acceptors (Lipinski definition) is 2. The quantitative estimate of drug-likeness (QED) is 0.735. The second-order valence-corrected chi connectivity index (χ2v) is 3.91. The van der Waals surface area contributed by atoms with Crippen LogP contribution in [0.3, 0.4) is 0 Å². The van der Waals surface area contributed by atoms with Crippen molar-refractivity contribution in [3.8, 4) is 5.75 Å². The molecule has 0 spiro atoms. The standard InChI is InChI=1S/C12H14N2O2/c1-13(2)12(15)16-10-4-5-11-9(8-10)6-7-14(11)3/h4-8H,1-3H3. The predicted octanol–water partition coefficient (Wildman–Crippen LogP) is 2.24. The molecule has 16 heavy (non-hydrogen) atoms. The zero-order valence-electron chi connectivity index (χ0n) is 9.60. The monoisotopic (exact) mass is 218 g/mol. The molecule has 84 valence electrons.